The van der Waals surface area contributed by atoms with Crippen LogP contribution in [0.5, 0.6) is 0 Å². The number of carbonyl (C=O) groups excluding carboxylic acids is 1. The molecule has 0 amide bonds. The normalized spacial score (nSPS) is 15.2. The van der Waals surface area contributed by atoms with E-state index in [9.17, 15) is 23.1 Å². The summed E-state index contributed by atoms with van der Waals surface area (Å²) in [6, 6.07) is 0. The Hall–Kier alpha value is -1.83. The molecule has 2 aromatic heterocycles. The SMILES string of the molecule is Nc1c(C(=O)[O-])sc2nc3c(c(C(F)(F)F)c12)CCCC3. The van der Waals surface area contributed by atoms with Crippen LogP contribution in [-0.2, 0) is 19.0 Å². The van der Waals surface area contributed by atoms with Gasteiger partial charge in [-0.3, -0.25) is 0 Å². The van der Waals surface area contributed by atoms with E-state index in [1.165, 1.54) is 0 Å². The van der Waals surface area contributed by atoms with Crippen molar-refractivity contribution in [3.05, 3.63) is 21.7 Å². The Morgan fingerprint density at radius 3 is 2.57 bits per heavy atom. The zero-order valence-corrected chi connectivity index (χ0v) is 11.5. The fourth-order valence-corrected chi connectivity index (χ4v) is 3.73. The summed E-state index contributed by atoms with van der Waals surface area (Å²) in [6.07, 6.45) is -2.42. The number of aromatic nitrogens is 1. The minimum absolute atomic E-state index is 0.0136. The minimum Gasteiger partial charge on any atom is -0.544 e. The van der Waals surface area contributed by atoms with Gasteiger partial charge in [-0.25, -0.2) is 4.98 Å². The van der Waals surface area contributed by atoms with Gasteiger partial charge in [0.2, 0.25) is 0 Å². The van der Waals surface area contributed by atoms with Gasteiger partial charge in [0.05, 0.1) is 22.1 Å². The van der Waals surface area contributed by atoms with E-state index in [1.807, 2.05) is 0 Å². The number of carboxylic acids is 1. The number of nitrogen functional groups attached to an aromatic ring is 1. The quantitative estimate of drug-likeness (QED) is 0.874. The van der Waals surface area contributed by atoms with Crippen LogP contribution in [0.3, 0.4) is 0 Å². The largest absolute Gasteiger partial charge is 0.544 e. The summed E-state index contributed by atoms with van der Waals surface area (Å²) in [5, 5.41) is 10.7. The molecule has 0 bridgehead atoms. The lowest BCUT2D eigenvalue weighted by molar-refractivity contribution is -0.254. The second-order valence-corrected chi connectivity index (χ2v) is 5.93. The Bertz CT molecular complexity index is 752. The molecule has 112 valence electrons. The van der Waals surface area contributed by atoms with Crippen molar-refractivity contribution >= 4 is 33.2 Å². The van der Waals surface area contributed by atoms with Gasteiger partial charge in [0.1, 0.15) is 4.83 Å². The topological polar surface area (TPSA) is 79.0 Å². The van der Waals surface area contributed by atoms with Gasteiger partial charge >= 0.3 is 6.18 Å². The Balaban J connectivity index is 2.44. The van der Waals surface area contributed by atoms with E-state index in [0.29, 0.717) is 29.9 Å². The molecule has 2 heterocycles. The molecule has 2 N–H and O–H groups in total. The summed E-state index contributed by atoms with van der Waals surface area (Å²) in [6.45, 7) is 0. The molecule has 0 aromatic carbocycles. The van der Waals surface area contributed by atoms with Crippen molar-refractivity contribution < 1.29 is 23.1 Å². The number of halogens is 3. The molecule has 1 aliphatic rings. The Morgan fingerprint density at radius 2 is 1.95 bits per heavy atom. The molecular formula is C13H10F3N2O2S-. The van der Waals surface area contributed by atoms with Gasteiger partial charge in [0.15, 0.2) is 0 Å². The molecular weight excluding hydrogens is 305 g/mol. The smallest absolute Gasteiger partial charge is 0.417 e. The lowest BCUT2D eigenvalue weighted by Crippen LogP contribution is -2.22. The molecule has 0 atom stereocenters. The third-order valence-corrected chi connectivity index (χ3v) is 4.70. The van der Waals surface area contributed by atoms with E-state index in [1.54, 1.807) is 0 Å². The highest BCUT2D eigenvalue weighted by atomic mass is 32.1. The van der Waals surface area contributed by atoms with Crippen molar-refractivity contribution in [1.29, 1.82) is 0 Å². The van der Waals surface area contributed by atoms with Gasteiger partial charge in [-0.2, -0.15) is 13.2 Å². The van der Waals surface area contributed by atoms with E-state index in [4.69, 9.17) is 5.73 Å². The van der Waals surface area contributed by atoms with Crippen molar-refractivity contribution in [2.24, 2.45) is 0 Å². The molecule has 0 fully saturated rings. The first-order valence-electron chi connectivity index (χ1n) is 6.33. The molecule has 0 aliphatic heterocycles. The summed E-state index contributed by atoms with van der Waals surface area (Å²) >= 11 is 0.637. The lowest BCUT2D eigenvalue weighted by Gasteiger charge is -2.21. The number of nitrogens with two attached hydrogens (primary N) is 1. The van der Waals surface area contributed by atoms with Gasteiger partial charge in [-0.05, 0) is 31.2 Å². The molecule has 0 saturated heterocycles. The number of rotatable bonds is 1. The number of hydrogen-bond acceptors (Lipinski definition) is 5. The van der Waals surface area contributed by atoms with Crippen LogP contribution in [-0.4, -0.2) is 11.0 Å². The molecule has 21 heavy (non-hydrogen) atoms. The monoisotopic (exact) mass is 315 g/mol. The minimum atomic E-state index is -4.60. The average Bonchev–Trinajstić information content (AvgIpc) is 2.72. The molecule has 0 saturated carbocycles. The van der Waals surface area contributed by atoms with E-state index in [0.717, 1.165) is 6.42 Å². The van der Waals surface area contributed by atoms with Crippen LogP contribution in [0.25, 0.3) is 10.2 Å². The number of anilines is 1. The number of aryl methyl sites for hydroxylation is 1. The second kappa shape index (κ2) is 4.59. The van der Waals surface area contributed by atoms with Gasteiger partial charge in [0.25, 0.3) is 0 Å². The van der Waals surface area contributed by atoms with Crippen LogP contribution in [0.1, 0.15) is 39.3 Å². The third-order valence-electron chi connectivity index (χ3n) is 3.62. The summed E-state index contributed by atoms with van der Waals surface area (Å²) in [7, 11) is 0. The first-order chi connectivity index (χ1) is 9.80. The van der Waals surface area contributed by atoms with Crippen LogP contribution >= 0.6 is 11.3 Å². The average molecular weight is 315 g/mol. The van der Waals surface area contributed by atoms with Crippen molar-refractivity contribution in [3.8, 4) is 0 Å². The number of pyridine rings is 1. The third kappa shape index (κ3) is 2.14. The highest BCUT2D eigenvalue weighted by Crippen LogP contribution is 2.45. The molecule has 4 nitrogen and oxygen atoms in total. The number of carboxylic acid groups (broad SMARTS) is 1. The van der Waals surface area contributed by atoms with Crippen LogP contribution in [0.2, 0.25) is 0 Å². The Labute approximate surface area is 121 Å². The zero-order chi connectivity index (χ0) is 15.4. The van der Waals surface area contributed by atoms with Gasteiger partial charge in [-0.15, -0.1) is 11.3 Å². The fraction of sp³-hybridized carbons (Fsp3) is 0.385. The molecule has 0 unspecified atom stereocenters. The summed E-state index contributed by atoms with van der Waals surface area (Å²) < 4.78 is 40.4. The maximum absolute atomic E-state index is 13.5. The van der Waals surface area contributed by atoms with Gasteiger partial charge in [-0.1, -0.05) is 0 Å². The van der Waals surface area contributed by atoms with Crippen LogP contribution in [0, 0.1) is 0 Å². The standard InChI is InChI=1S/C13H11F3N2O2S/c14-13(15,16)8-5-3-1-2-4-6(5)18-11-7(8)9(17)10(21-11)12(19)20/h1-4,17H2,(H,19,20)/p-1. The van der Waals surface area contributed by atoms with E-state index in [-0.39, 0.29) is 22.2 Å². The van der Waals surface area contributed by atoms with Crippen molar-refractivity contribution in [2.75, 3.05) is 5.73 Å². The Kier molecular flexibility index (Phi) is 3.09. The highest BCUT2D eigenvalue weighted by Gasteiger charge is 2.39. The van der Waals surface area contributed by atoms with Gasteiger partial charge < -0.3 is 15.6 Å². The number of aromatic carboxylic acids is 1. The maximum atomic E-state index is 13.5. The molecule has 1 aliphatic carbocycles. The predicted octanol–water partition coefficient (Wildman–Crippen LogP) is 2.14. The summed E-state index contributed by atoms with van der Waals surface area (Å²) in [4.78, 5) is 14.8. The van der Waals surface area contributed by atoms with Gasteiger partial charge in [0, 0.05) is 11.1 Å². The Morgan fingerprint density at radius 1 is 1.29 bits per heavy atom. The number of thiophene rings is 1. The van der Waals surface area contributed by atoms with Crippen molar-refractivity contribution in [3.63, 3.8) is 0 Å². The molecule has 2 aromatic rings. The number of hydrogen-bond donors (Lipinski definition) is 1. The van der Waals surface area contributed by atoms with E-state index >= 15 is 0 Å². The van der Waals surface area contributed by atoms with Crippen LogP contribution in [0.4, 0.5) is 18.9 Å². The maximum Gasteiger partial charge on any atom is 0.417 e. The summed E-state index contributed by atoms with van der Waals surface area (Å²) in [5.74, 6) is -1.58. The number of nitrogens with zero attached hydrogens (tertiary/aromatic N) is 1. The fourth-order valence-electron chi connectivity index (χ4n) is 2.77. The van der Waals surface area contributed by atoms with Crippen molar-refractivity contribution in [1.82, 2.24) is 4.98 Å². The first kappa shape index (κ1) is 14.1. The van der Waals surface area contributed by atoms with E-state index in [2.05, 4.69) is 4.98 Å². The summed E-state index contributed by atoms with van der Waals surface area (Å²) in [5.41, 5.74) is 4.93. The lowest BCUT2D eigenvalue weighted by atomic mass is 9.90. The zero-order valence-electron chi connectivity index (χ0n) is 10.7. The number of fused-ring (bicyclic) bond motifs is 2. The van der Waals surface area contributed by atoms with Crippen LogP contribution in [0.15, 0.2) is 0 Å². The molecule has 3 rings (SSSR count). The van der Waals surface area contributed by atoms with Crippen molar-refractivity contribution in [2.45, 2.75) is 31.9 Å². The second-order valence-electron chi connectivity index (χ2n) is 4.93. The molecule has 8 heteroatoms. The number of alkyl halides is 3. The molecule has 0 spiro atoms. The highest BCUT2D eigenvalue weighted by molar-refractivity contribution is 7.21. The van der Waals surface area contributed by atoms with Crippen LogP contribution < -0.4 is 10.8 Å². The number of carbonyl (C=O) groups is 1. The molecule has 0 radical (unpaired) electrons. The van der Waals surface area contributed by atoms with E-state index < -0.39 is 28.3 Å². The first-order valence-corrected chi connectivity index (χ1v) is 7.14. The predicted molar refractivity (Wildman–Crippen MR) is 70.0 cm³/mol.